The number of H-pyrrole nitrogens is 1. The monoisotopic (exact) mass is 398 g/mol. The number of hydrogen-bond acceptors (Lipinski definition) is 6. The Balaban J connectivity index is 0.000000644. The highest BCUT2D eigenvalue weighted by molar-refractivity contribution is 5.83. The average molecular weight is 399 g/mol. The van der Waals surface area contributed by atoms with Gasteiger partial charge in [-0.2, -0.15) is 0 Å². The van der Waals surface area contributed by atoms with Crippen LogP contribution < -0.4 is 4.90 Å². The van der Waals surface area contributed by atoms with Crippen LogP contribution in [0.2, 0.25) is 0 Å². The van der Waals surface area contributed by atoms with Gasteiger partial charge in [0.05, 0.1) is 16.6 Å². The molecule has 4 rings (SSSR count). The van der Waals surface area contributed by atoms with Crippen LogP contribution in [0, 0.1) is 5.92 Å². The minimum absolute atomic E-state index is 0.240. The van der Waals surface area contributed by atoms with Crippen LogP contribution in [0.1, 0.15) is 33.6 Å². The summed E-state index contributed by atoms with van der Waals surface area (Å²) in [6.45, 7) is 12.4. The number of rotatable bonds is 2. The zero-order valence-electron chi connectivity index (χ0n) is 17.4. The Bertz CT molecular complexity index is 871. The number of hydrogen-bond donors (Lipinski definition) is 2. The Kier molecular flexibility index (Phi) is 10.1. The maximum Gasteiger partial charge on any atom is 0.142 e. The summed E-state index contributed by atoms with van der Waals surface area (Å²) in [5, 5.41) is 9.62. The first kappa shape index (κ1) is 23.8. The molecule has 29 heavy (non-hydrogen) atoms. The van der Waals surface area contributed by atoms with Gasteiger partial charge in [-0.15, -0.1) is 0 Å². The largest absolute Gasteiger partial charge is 0.508 e. The quantitative estimate of drug-likeness (QED) is 0.670. The van der Waals surface area contributed by atoms with E-state index in [4.69, 9.17) is 9.59 Å². The lowest BCUT2D eigenvalue weighted by Gasteiger charge is -2.32. The number of carbonyl (C=O) groups excluding carboxylic acids is 2. The van der Waals surface area contributed by atoms with Gasteiger partial charge in [-0.1, -0.05) is 20.8 Å². The molecule has 2 N–H and O–H groups in total. The summed E-state index contributed by atoms with van der Waals surface area (Å²) in [4.78, 5) is 30.9. The Morgan fingerprint density at radius 1 is 1.10 bits per heavy atom. The number of piperidine rings is 1. The number of aromatic hydroxyl groups is 1. The van der Waals surface area contributed by atoms with Crippen molar-refractivity contribution in [3.8, 4) is 17.1 Å². The summed E-state index contributed by atoms with van der Waals surface area (Å²) in [6.07, 6.45) is 4.24. The van der Waals surface area contributed by atoms with Gasteiger partial charge in [0.1, 0.15) is 31.0 Å². The number of nitrogens with one attached hydrogen (secondary N) is 1. The average Bonchev–Trinajstić information content (AvgIpc) is 3.21. The Morgan fingerprint density at radius 3 is 2.41 bits per heavy atom. The number of imidazole rings is 1. The predicted octanol–water partition coefficient (Wildman–Crippen LogP) is 4.22. The molecule has 0 saturated carbocycles. The van der Waals surface area contributed by atoms with Gasteiger partial charge in [-0.3, -0.25) is 0 Å². The van der Waals surface area contributed by atoms with Gasteiger partial charge < -0.3 is 24.6 Å². The summed E-state index contributed by atoms with van der Waals surface area (Å²) in [6, 6.07) is 9.17. The van der Waals surface area contributed by atoms with Crippen LogP contribution in [0.5, 0.6) is 5.75 Å². The maximum absolute atomic E-state index is 9.62. The molecular formula is C22H30N4O3. The van der Waals surface area contributed by atoms with Crippen molar-refractivity contribution in [2.75, 3.05) is 18.0 Å². The second kappa shape index (κ2) is 12.3. The molecule has 0 spiro atoms. The van der Waals surface area contributed by atoms with E-state index >= 15 is 0 Å². The molecule has 3 aromatic rings. The summed E-state index contributed by atoms with van der Waals surface area (Å²) in [7, 11) is 0. The molecule has 0 amide bonds. The molecule has 1 aromatic carbocycles. The van der Waals surface area contributed by atoms with Gasteiger partial charge in [0.2, 0.25) is 0 Å². The highest BCUT2D eigenvalue weighted by Gasteiger charge is 2.21. The normalized spacial score (nSPS) is 13.3. The number of benzene rings is 1. The summed E-state index contributed by atoms with van der Waals surface area (Å²) in [5.74, 6) is 2.81. The molecule has 0 aliphatic carbocycles. The maximum atomic E-state index is 9.62. The van der Waals surface area contributed by atoms with E-state index < -0.39 is 0 Å². The number of phenolic OH excluding ortho intramolecular Hbond substituents is 1. The number of fused-ring (bicyclic) bond motifs is 1. The van der Waals surface area contributed by atoms with E-state index in [9.17, 15) is 5.11 Å². The van der Waals surface area contributed by atoms with Crippen LogP contribution in [-0.2, 0) is 9.59 Å². The van der Waals surface area contributed by atoms with Crippen LogP contribution in [0.25, 0.3) is 22.4 Å². The highest BCUT2D eigenvalue weighted by Crippen LogP contribution is 2.31. The lowest BCUT2D eigenvalue weighted by atomic mass is 9.99. The van der Waals surface area contributed by atoms with E-state index in [-0.39, 0.29) is 5.75 Å². The number of pyridine rings is 1. The molecule has 1 aliphatic rings. The van der Waals surface area contributed by atoms with Crippen molar-refractivity contribution in [2.24, 2.45) is 5.92 Å². The van der Waals surface area contributed by atoms with Gasteiger partial charge in [0.25, 0.3) is 0 Å². The van der Waals surface area contributed by atoms with Gasteiger partial charge in [-0.05, 0) is 43.0 Å². The molecule has 0 atom stereocenters. The summed E-state index contributed by atoms with van der Waals surface area (Å²) >= 11 is 0. The van der Waals surface area contributed by atoms with E-state index in [0.29, 0.717) is 0 Å². The van der Waals surface area contributed by atoms with E-state index in [2.05, 4.69) is 32.8 Å². The third kappa shape index (κ3) is 5.88. The van der Waals surface area contributed by atoms with Gasteiger partial charge in [0.15, 0.2) is 0 Å². The number of aromatic nitrogens is 3. The Labute approximate surface area is 171 Å². The van der Waals surface area contributed by atoms with Crippen molar-refractivity contribution >= 4 is 30.4 Å². The van der Waals surface area contributed by atoms with Crippen molar-refractivity contribution in [3.63, 3.8) is 0 Å². The van der Waals surface area contributed by atoms with E-state index in [1.165, 1.54) is 12.8 Å². The third-order valence-electron chi connectivity index (χ3n) is 4.59. The fraction of sp³-hybridized carbons (Fsp3) is 0.364. The molecular weight excluding hydrogens is 368 g/mol. The Morgan fingerprint density at radius 2 is 1.76 bits per heavy atom. The molecule has 0 bridgehead atoms. The third-order valence-corrected chi connectivity index (χ3v) is 4.59. The lowest BCUT2D eigenvalue weighted by Crippen LogP contribution is -2.33. The molecule has 7 nitrogen and oxygen atoms in total. The van der Waals surface area contributed by atoms with Crippen LogP contribution >= 0.6 is 0 Å². The van der Waals surface area contributed by atoms with Gasteiger partial charge in [-0.25, -0.2) is 9.97 Å². The number of anilines is 1. The van der Waals surface area contributed by atoms with E-state index in [0.717, 1.165) is 47.2 Å². The van der Waals surface area contributed by atoms with Crippen molar-refractivity contribution in [1.82, 2.24) is 15.0 Å². The molecule has 0 radical (unpaired) electrons. The first-order chi connectivity index (χ1) is 14.2. The lowest BCUT2D eigenvalue weighted by molar-refractivity contribution is -0.0987. The first-order valence-corrected chi connectivity index (χ1v) is 9.67. The minimum Gasteiger partial charge on any atom is -0.508 e. The molecule has 1 saturated heterocycles. The molecule has 1 aliphatic heterocycles. The zero-order valence-corrected chi connectivity index (χ0v) is 17.4. The number of nitrogens with zero attached hydrogens (tertiary/aromatic N) is 3. The fourth-order valence-electron chi connectivity index (χ4n) is 3.18. The van der Waals surface area contributed by atoms with Crippen molar-refractivity contribution in [1.29, 1.82) is 0 Å². The highest BCUT2D eigenvalue weighted by atomic mass is 16.3. The second-order valence-corrected chi connectivity index (χ2v) is 6.33. The topological polar surface area (TPSA) is 99.2 Å². The van der Waals surface area contributed by atoms with Gasteiger partial charge in [0, 0.05) is 25.4 Å². The van der Waals surface area contributed by atoms with E-state index in [1.807, 2.05) is 45.8 Å². The van der Waals surface area contributed by atoms with Crippen molar-refractivity contribution in [2.45, 2.75) is 33.6 Å². The molecule has 3 heterocycles. The standard InChI is InChI=1S/C18H20N4O.C2H6.2CH2O/c1-12-6-9-22(10-7-12)18-14(3-2-8-19-18)17-20-15-5-4-13(23)11-16(15)21-17;3*1-2/h2-5,8,11-12,23H,6-7,9-10H2,1H3,(H,20,21);1-2H3;2*1H2. The molecule has 156 valence electrons. The second-order valence-electron chi connectivity index (χ2n) is 6.33. The zero-order chi connectivity index (χ0) is 21.8. The number of carbonyl (C=O) groups is 2. The first-order valence-electron chi connectivity index (χ1n) is 9.67. The van der Waals surface area contributed by atoms with Crippen molar-refractivity contribution in [3.05, 3.63) is 36.5 Å². The Hall–Kier alpha value is -3.22. The SMILES string of the molecule is C=O.C=O.CC.CC1CCN(c2ncccc2-c2nc3ccc(O)cc3[nH]2)CC1. The van der Waals surface area contributed by atoms with E-state index in [1.54, 1.807) is 12.1 Å². The summed E-state index contributed by atoms with van der Waals surface area (Å²) in [5.41, 5.74) is 2.69. The molecule has 2 aromatic heterocycles. The van der Waals surface area contributed by atoms with Crippen LogP contribution in [-0.4, -0.2) is 46.7 Å². The summed E-state index contributed by atoms with van der Waals surface area (Å²) < 4.78 is 0. The molecule has 7 heteroatoms. The van der Waals surface area contributed by atoms with Crippen LogP contribution in [0.15, 0.2) is 36.5 Å². The molecule has 0 unspecified atom stereocenters. The van der Waals surface area contributed by atoms with Crippen LogP contribution in [0.3, 0.4) is 0 Å². The fourth-order valence-corrected chi connectivity index (χ4v) is 3.18. The minimum atomic E-state index is 0.240. The molecule has 1 fully saturated rings. The number of phenols is 1. The smallest absolute Gasteiger partial charge is 0.142 e. The van der Waals surface area contributed by atoms with Crippen LogP contribution in [0.4, 0.5) is 5.82 Å². The number of aromatic amines is 1. The van der Waals surface area contributed by atoms with Crippen molar-refractivity contribution < 1.29 is 14.7 Å². The predicted molar refractivity (Wildman–Crippen MR) is 117 cm³/mol. The van der Waals surface area contributed by atoms with Gasteiger partial charge >= 0.3 is 0 Å².